The number of nitrogens with zero attached hydrogens (tertiary/aromatic N) is 3. The summed E-state index contributed by atoms with van der Waals surface area (Å²) in [6, 6.07) is 12.2. The first-order valence-electron chi connectivity index (χ1n) is 6.39. The molecule has 3 rings (SSSR count). The van der Waals surface area contributed by atoms with Gasteiger partial charge in [-0.1, -0.05) is 29.4 Å². The molecule has 1 aromatic carbocycles. The Labute approximate surface area is 135 Å². The third-order valence-corrected chi connectivity index (χ3v) is 3.85. The fourth-order valence-corrected chi connectivity index (χ4v) is 2.49. The van der Waals surface area contributed by atoms with Gasteiger partial charge in [0.15, 0.2) is 5.78 Å². The van der Waals surface area contributed by atoms with E-state index in [-0.39, 0.29) is 11.5 Å². The average molecular weight is 332 g/mol. The predicted molar refractivity (Wildman–Crippen MR) is 84.0 cm³/mol. The maximum atomic E-state index is 12.0. The number of hydrogen-bond acceptors (Lipinski definition) is 6. The summed E-state index contributed by atoms with van der Waals surface area (Å²) in [5.74, 6) is 0.521. The third-order valence-electron chi connectivity index (χ3n) is 2.78. The lowest BCUT2D eigenvalue weighted by Gasteiger charge is -1.98. The molecule has 0 N–H and O–H groups in total. The van der Waals surface area contributed by atoms with E-state index in [1.54, 1.807) is 42.6 Å². The second-order valence-corrected chi connectivity index (χ2v) is 5.67. The van der Waals surface area contributed by atoms with Crippen LogP contribution in [0.1, 0.15) is 10.4 Å². The lowest BCUT2D eigenvalue weighted by atomic mass is 10.1. The molecule has 7 heteroatoms. The van der Waals surface area contributed by atoms with Gasteiger partial charge in [0.2, 0.25) is 0 Å². The highest BCUT2D eigenvalue weighted by Crippen LogP contribution is 2.22. The summed E-state index contributed by atoms with van der Waals surface area (Å²) in [5.41, 5.74) is 1.20. The van der Waals surface area contributed by atoms with Gasteiger partial charge in [-0.15, -0.1) is 10.2 Å². The number of benzene rings is 1. The maximum Gasteiger partial charge on any atom is 0.277 e. The number of carbonyl (C=O) groups excluding carboxylic acids is 1. The van der Waals surface area contributed by atoms with Crippen LogP contribution in [0.4, 0.5) is 0 Å². The first-order valence-corrected chi connectivity index (χ1v) is 7.75. The molecule has 0 radical (unpaired) electrons. The molecule has 0 spiro atoms. The number of halogens is 1. The van der Waals surface area contributed by atoms with Crippen molar-refractivity contribution in [2.24, 2.45) is 0 Å². The molecular weight excluding hydrogens is 322 g/mol. The monoisotopic (exact) mass is 331 g/mol. The zero-order valence-corrected chi connectivity index (χ0v) is 12.8. The molecule has 0 saturated carbocycles. The molecule has 5 nitrogen and oxygen atoms in total. The van der Waals surface area contributed by atoms with Crippen LogP contribution in [0, 0.1) is 0 Å². The predicted octanol–water partition coefficient (Wildman–Crippen LogP) is 3.76. The SMILES string of the molecule is O=C(CSc1nnc(-c2ccccn2)o1)c1ccc(Cl)cc1. The number of hydrogen-bond donors (Lipinski definition) is 0. The first-order chi connectivity index (χ1) is 10.7. The van der Waals surface area contributed by atoms with E-state index in [9.17, 15) is 4.79 Å². The average Bonchev–Trinajstić information content (AvgIpc) is 3.03. The second kappa shape index (κ2) is 6.72. The van der Waals surface area contributed by atoms with Gasteiger partial charge in [0.1, 0.15) is 5.69 Å². The van der Waals surface area contributed by atoms with Gasteiger partial charge in [0, 0.05) is 16.8 Å². The summed E-state index contributed by atoms with van der Waals surface area (Å²) in [4.78, 5) is 16.2. The van der Waals surface area contributed by atoms with Crippen LogP contribution < -0.4 is 0 Å². The number of Topliss-reactive ketones (excluding diaryl/α,β-unsaturated/α-hetero) is 1. The summed E-state index contributed by atoms with van der Waals surface area (Å²) in [5, 5.41) is 8.76. The van der Waals surface area contributed by atoms with E-state index in [4.69, 9.17) is 16.0 Å². The number of pyridine rings is 1. The van der Waals surface area contributed by atoms with Crippen LogP contribution >= 0.6 is 23.4 Å². The number of thioether (sulfide) groups is 1. The van der Waals surface area contributed by atoms with Gasteiger partial charge >= 0.3 is 0 Å². The molecule has 0 unspecified atom stereocenters. The van der Waals surface area contributed by atoms with Crippen LogP contribution in [-0.2, 0) is 0 Å². The molecule has 2 heterocycles. The molecule has 0 aliphatic rings. The Kier molecular flexibility index (Phi) is 4.50. The molecule has 0 amide bonds. The van der Waals surface area contributed by atoms with Crippen molar-refractivity contribution in [1.29, 1.82) is 0 Å². The van der Waals surface area contributed by atoms with Gasteiger partial charge in [-0.05, 0) is 36.4 Å². The zero-order chi connectivity index (χ0) is 15.4. The normalized spacial score (nSPS) is 10.6. The summed E-state index contributed by atoms with van der Waals surface area (Å²) < 4.78 is 5.48. The fraction of sp³-hybridized carbons (Fsp3) is 0.0667. The fourth-order valence-electron chi connectivity index (χ4n) is 1.71. The topological polar surface area (TPSA) is 68.9 Å². The minimum absolute atomic E-state index is 0.0285. The molecule has 3 aromatic rings. The van der Waals surface area contributed by atoms with Gasteiger partial charge in [-0.25, -0.2) is 0 Å². The van der Waals surface area contributed by atoms with E-state index in [2.05, 4.69) is 15.2 Å². The largest absolute Gasteiger partial charge is 0.410 e. The molecule has 0 fully saturated rings. The number of aromatic nitrogens is 3. The molecule has 0 aliphatic heterocycles. The number of rotatable bonds is 5. The molecule has 0 saturated heterocycles. The van der Waals surface area contributed by atoms with Crippen LogP contribution in [0.25, 0.3) is 11.6 Å². The van der Waals surface area contributed by atoms with E-state index in [1.165, 1.54) is 11.8 Å². The van der Waals surface area contributed by atoms with Crippen LogP contribution in [-0.4, -0.2) is 26.7 Å². The lowest BCUT2D eigenvalue weighted by Crippen LogP contribution is -2.01. The summed E-state index contributed by atoms with van der Waals surface area (Å²) in [6.45, 7) is 0. The standard InChI is InChI=1S/C15H10ClN3O2S/c16-11-6-4-10(5-7-11)13(20)9-22-15-19-18-14(21-15)12-3-1-2-8-17-12/h1-8H,9H2. The van der Waals surface area contributed by atoms with Crippen molar-refractivity contribution in [3.8, 4) is 11.6 Å². The minimum atomic E-state index is -0.0285. The summed E-state index contributed by atoms with van der Waals surface area (Å²) >= 11 is 6.99. The summed E-state index contributed by atoms with van der Waals surface area (Å²) in [7, 11) is 0. The van der Waals surface area contributed by atoms with Gasteiger partial charge in [0.05, 0.1) is 5.75 Å². The lowest BCUT2D eigenvalue weighted by molar-refractivity contribution is 0.102. The van der Waals surface area contributed by atoms with Crippen LogP contribution in [0.5, 0.6) is 0 Å². The number of ketones is 1. The van der Waals surface area contributed by atoms with Crippen molar-refractivity contribution < 1.29 is 9.21 Å². The molecule has 0 bridgehead atoms. The first kappa shape index (κ1) is 14.7. The van der Waals surface area contributed by atoms with Gasteiger partial charge in [-0.3, -0.25) is 9.78 Å². The highest BCUT2D eigenvalue weighted by atomic mass is 35.5. The van der Waals surface area contributed by atoms with Crippen molar-refractivity contribution in [3.05, 3.63) is 59.2 Å². The van der Waals surface area contributed by atoms with Gasteiger partial charge in [0.25, 0.3) is 11.1 Å². The Hall–Kier alpha value is -2.18. The Morgan fingerprint density at radius 1 is 1.14 bits per heavy atom. The smallest absolute Gasteiger partial charge is 0.277 e. The summed E-state index contributed by atoms with van der Waals surface area (Å²) in [6.07, 6.45) is 1.65. The highest BCUT2D eigenvalue weighted by Gasteiger charge is 2.12. The molecule has 0 aliphatic carbocycles. The van der Waals surface area contributed by atoms with E-state index >= 15 is 0 Å². The Morgan fingerprint density at radius 3 is 2.68 bits per heavy atom. The molecule has 0 atom stereocenters. The van der Waals surface area contributed by atoms with E-state index in [0.29, 0.717) is 27.4 Å². The van der Waals surface area contributed by atoms with Gasteiger partial charge < -0.3 is 4.42 Å². The van der Waals surface area contributed by atoms with E-state index < -0.39 is 0 Å². The highest BCUT2D eigenvalue weighted by molar-refractivity contribution is 7.99. The molecule has 110 valence electrons. The van der Waals surface area contributed by atoms with Crippen molar-refractivity contribution >= 4 is 29.1 Å². The van der Waals surface area contributed by atoms with Crippen LogP contribution in [0.2, 0.25) is 5.02 Å². The van der Waals surface area contributed by atoms with Crippen molar-refractivity contribution in [3.63, 3.8) is 0 Å². The Bertz CT molecular complexity index is 775. The third kappa shape index (κ3) is 3.52. The molecule has 2 aromatic heterocycles. The Balaban J connectivity index is 1.64. The van der Waals surface area contributed by atoms with E-state index in [1.807, 2.05) is 6.07 Å². The maximum absolute atomic E-state index is 12.0. The molecular formula is C15H10ClN3O2S. The quantitative estimate of drug-likeness (QED) is 0.523. The van der Waals surface area contributed by atoms with Crippen molar-refractivity contribution in [1.82, 2.24) is 15.2 Å². The van der Waals surface area contributed by atoms with Crippen molar-refractivity contribution in [2.75, 3.05) is 5.75 Å². The van der Waals surface area contributed by atoms with E-state index in [0.717, 1.165) is 0 Å². The van der Waals surface area contributed by atoms with Crippen LogP contribution in [0.15, 0.2) is 58.3 Å². The van der Waals surface area contributed by atoms with Crippen molar-refractivity contribution in [2.45, 2.75) is 5.22 Å². The Morgan fingerprint density at radius 2 is 1.95 bits per heavy atom. The second-order valence-electron chi connectivity index (χ2n) is 4.31. The van der Waals surface area contributed by atoms with Crippen LogP contribution in [0.3, 0.4) is 0 Å². The number of carbonyl (C=O) groups is 1. The minimum Gasteiger partial charge on any atom is -0.410 e. The molecule has 22 heavy (non-hydrogen) atoms. The zero-order valence-electron chi connectivity index (χ0n) is 11.3. The van der Waals surface area contributed by atoms with Gasteiger partial charge in [-0.2, -0.15) is 0 Å².